The summed E-state index contributed by atoms with van der Waals surface area (Å²) in [7, 11) is 3.28. The fourth-order valence-electron chi connectivity index (χ4n) is 7.48. The normalized spacial score (nSPS) is 11.9. The second-order valence-corrected chi connectivity index (χ2v) is 15.6. The number of hydrogen-bond acceptors (Lipinski definition) is 10. The summed E-state index contributed by atoms with van der Waals surface area (Å²) in [5.41, 5.74) is 19.1. The van der Waals surface area contributed by atoms with Crippen molar-refractivity contribution in [3.63, 3.8) is 0 Å². The predicted octanol–water partition coefficient (Wildman–Crippen LogP) is 8.75. The van der Waals surface area contributed by atoms with Gasteiger partial charge in [-0.15, -0.1) is 0 Å². The van der Waals surface area contributed by atoms with Crippen molar-refractivity contribution in [1.82, 2.24) is 29.1 Å². The second-order valence-electron chi connectivity index (χ2n) is 15.6. The fourth-order valence-corrected chi connectivity index (χ4v) is 7.48. The van der Waals surface area contributed by atoms with Gasteiger partial charge in [-0.3, -0.25) is 28.7 Å². The third kappa shape index (κ3) is 10.8. The van der Waals surface area contributed by atoms with Crippen LogP contribution in [-0.2, 0) is 14.1 Å². The summed E-state index contributed by atoms with van der Waals surface area (Å²) < 4.78 is 43.8. The van der Waals surface area contributed by atoms with Crippen molar-refractivity contribution in [2.24, 2.45) is 25.6 Å². The van der Waals surface area contributed by atoms with Gasteiger partial charge in [0.05, 0.1) is 22.5 Å². The Balaban J connectivity index is 0.000000196. The molecule has 8 rings (SSSR count). The van der Waals surface area contributed by atoms with Crippen molar-refractivity contribution in [2.45, 2.75) is 31.8 Å². The van der Waals surface area contributed by atoms with Gasteiger partial charge in [0.2, 0.25) is 11.9 Å². The minimum absolute atomic E-state index is 0.131. The van der Waals surface area contributed by atoms with Crippen LogP contribution in [0.3, 0.4) is 0 Å². The molecule has 66 heavy (non-hydrogen) atoms. The molecule has 0 aliphatic carbocycles. The maximum absolute atomic E-state index is 14.0. The van der Waals surface area contributed by atoms with E-state index in [2.05, 4.69) is 20.6 Å². The number of halogens is 3. The number of nitrogens with two attached hydrogens (primary N) is 2. The molecule has 0 radical (unpaired) electrons. The molecule has 4 aromatic carbocycles. The first-order valence-corrected chi connectivity index (χ1v) is 21.2. The van der Waals surface area contributed by atoms with Crippen LogP contribution in [0, 0.1) is 24.4 Å². The van der Waals surface area contributed by atoms with Crippen LogP contribution in [0.1, 0.15) is 41.6 Å². The number of nitrogens with zero attached hydrogens (tertiary/aromatic N) is 6. The van der Waals surface area contributed by atoms with Crippen LogP contribution < -0.4 is 33.2 Å². The first-order valence-electron chi connectivity index (χ1n) is 21.2. The summed E-state index contributed by atoms with van der Waals surface area (Å²) in [4.78, 5) is 44.3. The molecule has 336 valence electrons. The highest BCUT2D eigenvalue weighted by atomic mass is 19.1. The average molecular weight is 891 g/mol. The van der Waals surface area contributed by atoms with Gasteiger partial charge in [0.15, 0.2) is 0 Å². The van der Waals surface area contributed by atoms with Crippen molar-refractivity contribution in [3.8, 4) is 44.8 Å². The lowest BCUT2D eigenvalue weighted by Gasteiger charge is -2.18. The van der Waals surface area contributed by atoms with E-state index in [9.17, 15) is 22.8 Å². The molecule has 4 heterocycles. The molecule has 0 aliphatic heterocycles. The topological polar surface area (TPSA) is 172 Å². The molecule has 8 aromatic rings. The van der Waals surface area contributed by atoms with Crippen LogP contribution in [-0.4, -0.2) is 42.2 Å². The predicted molar refractivity (Wildman–Crippen MR) is 254 cm³/mol. The number of anilines is 2. The summed E-state index contributed by atoms with van der Waals surface area (Å²) in [5, 5.41) is 6.41. The molecule has 0 aliphatic rings. The molecule has 6 N–H and O–H groups in total. The first kappa shape index (κ1) is 46.2. The van der Waals surface area contributed by atoms with Crippen molar-refractivity contribution < 1.29 is 13.2 Å². The van der Waals surface area contributed by atoms with Crippen molar-refractivity contribution in [1.29, 1.82) is 0 Å². The maximum Gasteiger partial charge on any atom is 0.263 e. The van der Waals surface area contributed by atoms with E-state index in [1.54, 1.807) is 106 Å². The zero-order valence-corrected chi connectivity index (χ0v) is 36.6. The Morgan fingerprint density at radius 1 is 0.530 bits per heavy atom. The first-order chi connectivity index (χ1) is 31.9. The molecule has 0 saturated heterocycles. The fraction of sp³-hybridized carbons (Fsp3) is 0.176. The number of nitrogens with one attached hydrogen (secondary N) is 2. The molecule has 0 bridgehead atoms. The third-order valence-corrected chi connectivity index (χ3v) is 11.1. The molecule has 0 spiro atoms. The van der Waals surface area contributed by atoms with Crippen LogP contribution in [0.15, 0.2) is 156 Å². The number of aryl methyl sites for hydroxylation is 1. The average Bonchev–Trinajstić information content (AvgIpc) is 3.33. The van der Waals surface area contributed by atoms with Crippen molar-refractivity contribution in [2.75, 3.05) is 23.7 Å². The Morgan fingerprint density at radius 2 is 0.924 bits per heavy atom. The summed E-state index contributed by atoms with van der Waals surface area (Å²) in [5.74, 6) is -0.317. The van der Waals surface area contributed by atoms with Gasteiger partial charge in [-0.2, -0.15) is 0 Å². The summed E-state index contributed by atoms with van der Waals surface area (Å²) in [6.07, 6.45) is 7.63. The van der Waals surface area contributed by atoms with Crippen LogP contribution in [0.2, 0.25) is 0 Å². The van der Waals surface area contributed by atoms with Crippen LogP contribution >= 0.6 is 0 Å². The smallest absolute Gasteiger partial charge is 0.263 e. The molecule has 0 fully saturated rings. The highest BCUT2D eigenvalue weighted by Gasteiger charge is 2.21. The molecule has 0 saturated carbocycles. The van der Waals surface area contributed by atoms with Gasteiger partial charge >= 0.3 is 0 Å². The van der Waals surface area contributed by atoms with Crippen molar-refractivity contribution in [3.05, 3.63) is 201 Å². The van der Waals surface area contributed by atoms with E-state index in [0.29, 0.717) is 82.6 Å². The lowest BCUT2D eigenvalue weighted by molar-refractivity contribution is 0.570. The Morgan fingerprint density at radius 3 is 1.35 bits per heavy atom. The van der Waals surface area contributed by atoms with Gasteiger partial charge in [-0.1, -0.05) is 66.7 Å². The molecule has 0 amide bonds. The number of benzene rings is 4. The summed E-state index contributed by atoms with van der Waals surface area (Å²) in [6, 6.07) is 32.5. The van der Waals surface area contributed by atoms with Gasteiger partial charge in [0.25, 0.3) is 11.1 Å². The van der Waals surface area contributed by atoms with E-state index in [4.69, 9.17) is 21.4 Å². The van der Waals surface area contributed by atoms with Gasteiger partial charge in [-0.05, 0) is 96.6 Å². The van der Waals surface area contributed by atoms with E-state index in [1.165, 1.54) is 39.5 Å². The molecule has 12 nitrogen and oxygen atoms in total. The number of pyridine rings is 2. The number of hydrogen-bond donors (Lipinski definition) is 4. The van der Waals surface area contributed by atoms with Gasteiger partial charge in [0, 0.05) is 80.7 Å². The van der Waals surface area contributed by atoms with E-state index < -0.39 is 11.9 Å². The standard InChI is InChI=1S/C26H26FN5O.C25H23F2N5O/c1-17-5-3-4-6-21(17)22(28)13-16-30-26-31-24(19-11-14-29-15-12-19)23(25(33)32(26)2)18-7-9-20(27)10-8-18;1-32-24(33)22(16-6-8-18(26)9-7-16)23(17-10-13-29-14-11-17)31-25(32)30-15-12-21(28)19-4-2-3-5-20(19)27/h3-12,14-15,22H,13,16,28H2,1-2H3,(H,30,31);2-11,13-14,21H,12,15,28H2,1H3,(H,30,31). The molecule has 2 atom stereocenters. The molecule has 2 unspecified atom stereocenters. The molecular formula is C51H49F3N10O2. The van der Waals surface area contributed by atoms with Crippen LogP contribution in [0.4, 0.5) is 25.1 Å². The SMILES string of the molecule is Cc1ccccc1C(N)CCNc1nc(-c2ccncc2)c(-c2ccc(F)cc2)c(=O)n1C.Cn1c(NCCC(N)c2ccccc2F)nc(-c2ccncc2)c(-c2ccc(F)cc2)c1=O. The largest absolute Gasteiger partial charge is 0.355 e. The molecular weight excluding hydrogens is 842 g/mol. The minimum atomic E-state index is -0.506. The van der Waals surface area contributed by atoms with Gasteiger partial charge < -0.3 is 22.1 Å². The van der Waals surface area contributed by atoms with E-state index >= 15 is 0 Å². The number of rotatable bonds is 14. The second kappa shape index (κ2) is 21.3. The number of aromatic nitrogens is 6. The van der Waals surface area contributed by atoms with E-state index in [-0.39, 0.29) is 28.8 Å². The Bertz CT molecular complexity index is 2820. The van der Waals surface area contributed by atoms with E-state index in [1.807, 2.05) is 31.2 Å². The Kier molecular flexibility index (Phi) is 14.9. The van der Waals surface area contributed by atoms with E-state index in [0.717, 1.165) is 16.7 Å². The van der Waals surface area contributed by atoms with Crippen LogP contribution in [0.5, 0.6) is 0 Å². The lowest BCUT2D eigenvalue weighted by Crippen LogP contribution is -2.26. The lowest BCUT2D eigenvalue weighted by atomic mass is 10.00. The summed E-state index contributed by atoms with van der Waals surface area (Å²) in [6.45, 7) is 2.96. The Hall–Kier alpha value is -7.75. The van der Waals surface area contributed by atoms with Crippen molar-refractivity contribution >= 4 is 11.9 Å². The van der Waals surface area contributed by atoms with Gasteiger partial charge in [-0.25, -0.2) is 23.1 Å². The minimum Gasteiger partial charge on any atom is -0.355 e. The Labute approximate surface area is 379 Å². The van der Waals surface area contributed by atoms with Crippen LogP contribution in [0.25, 0.3) is 44.8 Å². The zero-order valence-electron chi connectivity index (χ0n) is 36.6. The zero-order chi connectivity index (χ0) is 46.7. The van der Waals surface area contributed by atoms with Gasteiger partial charge in [0.1, 0.15) is 17.5 Å². The third-order valence-electron chi connectivity index (χ3n) is 11.1. The molecule has 4 aromatic heterocycles. The maximum atomic E-state index is 14.0. The monoisotopic (exact) mass is 890 g/mol. The highest BCUT2D eigenvalue weighted by molar-refractivity contribution is 5.82. The highest BCUT2D eigenvalue weighted by Crippen LogP contribution is 2.31. The molecule has 15 heteroatoms. The quantitative estimate of drug-likeness (QED) is 0.0828. The summed E-state index contributed by atoms with van der Waals surface area (Å²) >= 11 is 0.